The monoisotopic (exact) mass is 280 g/mol. The molecule has 0 fully saturated rings. The lowest BCUT2D eigenvalue weighted by Crippen LogP contribution is -2.03. The second-order valence-corrected chi connectivity index (χ2v) is 4.47. The number of aromatic carboxylic acids is 1. The van der Waals surface area contributed by atoms with Crippen LogP contribution in [0.4, 0.5) is 5.82 Å². The Kier molecular flexibility index (Phi) is 3.42. The third kappa shape index (κ3) is 2.79. The van der Waals surface area contributed by atoms with Crippen molar-refractivity contribution < 1.29 is 9.90 Å². The number of carboxylic acid groups (broad SMARTS) is 1. The molecule has 6 heteroatoms. The first-order chi connectivity index (χ1) is 10.2. The molecule has 3 aromatic rings. The summed E-state index contributed by atoms with van der Waals surface area (Å²) in [6, 6.07) is 8.63. The van der Waals surface area contributed by atoms with Crippen LogP contribution in [0, 0.1) is 0 Å². The highest BCUT2D eigenvalue weighted by Crippen LogP contribution is 2.20. The van der Waals surface area contributed by atoms with Gasteiger partial charge in [0.1, 0.15) is 12.1 Å². The third-order valence-electron chi connectivity index (χ3n) is 3.07. The van der Waals surface area contributed by atoms with Crippen molar-refractivity contribution in [1.29, 1.82) is 0 Å². The minimum Gasteiger partial charge on any atom is -0.478 e. The summed E-state index contributed by atoms with van der Waals surface area (Å²) in [6.45, 7) is 0.584. The van der Waals surface area contributed by atoms with Gasteiger partial charge in [-0.1, -0.05) is 6.07 Å². The zero-order valence-corrected chi connectivity index (χ0v) is 11.0. The van der Waals surface area contributed by atoms with Crippen LogP contribution in [0.2, 0.25) is 0 Å². The highest BCUT2D eigenvalue weighted by molar-refractivity contribution is 5.96. The molecule has 0 aliphatic carbocycles. The van der Waals surface area contributed by atoms with Crippen molar-refractivity contribution in [1.82, 2.24) is 15.0 Å². The van der Waals surface area contributed by atoms with Crippen LogP contribution in [0.15, 0.2) is 49.1 Å². The molecule has 0 saturated heterocycles. The van der Waals surface area contributed by atoms with Crippen LogP contribution in [0.25, 0.3) is 10.9 Å². The average Bonchev–Trinajstić information content (AvgIpc) is 2.53. The van der Waals surface area contributed by atoms with Gasteiger partial charge in [0, 0.05) is 24.3 Å². The van der Waals surface area contributed by atoms with Crippen molar-refractivity contribution >= 4 is 22.7 Å². The molecule has 2 heterocycles. The molecule has 104 valence electrons. The van der Waals surface area contributed by atoms with Crippen molar-refractivity contribution in [3.05, 3.63) is 60.2 Å². The Bertz CT molecular complexity index is 790. The fourth-order valence-electron chi connectivity index (χ4n) is 2.02. The van der Waals surface area contributed by atoms with Gasteiger partial charge in [-0.2, -0.15) is 0 Å². The highest BCUT2D eigenvalue weighted by Gasteiger charge is 2.08. The Morgan fingerprint density at radius 1 is 1.24 bits per heavy atom. The maximum absolute atomic E-state index is 11.0. The van der Waals surface area contributed by atoms with E-state index in [4.69, 9.17) is 5.11 Å². The molecule has 0 aliphatic rings. The lowest BCUT2D eigenvalue weighted by Gasteiger charge is -2.08. The first-order valence-electron chi connectivity index (χ1n) is 6.35. The zero-order valence-electron chi connectivity index (χ0n) is 11.0. The van der Waals surface area contributed by atoms with E-state index in [2.05, 4.69) is 20.3 Å². The molecule has 2 N–H and O–H groups in total. The minimum atomic E-state index is -0.972. The number of hydrogen-bond donors (Lipinski definition) is 2. The molecular weight excluding hydrogens is 268 g/mol. The summed E-state index contributed by atoms with van der Waals surface area (Å²) >= 11 is 0. The largest absolute Gasteiger partial charge is 0.478 e. The lowest BCUT2D eigenvalue weighted by atomic mass is 10.1. The summed E-state index contributed by atoms with van der Waals surface area (Å²) in [5, 5.41) is 13.0. The van der Waals surface area contributed by atoms with E-state index < -0.39 is 5.97 Å². The molecule has 21 heavy (non-hydrogen) atoms. The van der Waals surface area contributed by atoms with E-state index in [0.29, 0.717) is 17.9 Å². The summed E-state index contributed by atoms with van der Waals surface area (Å²) < 4.78 is 0. The van der Waals surface area contributed by atoms with Gasteiger partial charge in [-0.25, -0.2) is 14.8 Å². The molecule has 0 radical (unpaired) electrons. The van der Waals surface area contributed by atoms with Gasteiger partial charge in [0.15, 0.2) is 0 Å². The van der Waals surface area contributed by atoms with Gasteiger partial charge in [-0.15, -0.1) is 0 Å². The van der Waals surface area contributed by atoms with E-state index in [1.807, 2.05) is 12.1 Å². The molecule has 2 aromatic heterocycles. The second-order valence-electron chi connectivity index (χ2n) is 4.47. The Balaban J connectivity index is 1.90. The fourth-order valence-corrected chi connectivity index (χ4v) is 2.02. The Morgan fingerprint density at radius 2 is 2.14 bits per heavy atom. The molecule has 0 bridgehead atoms. The summed E-state index contributed by atoms with van der Waals surface area (Å²) in [5.41, 5.74) is 1.84. The van der Waals surface area contributed by atoms with Crippen molar-refractivity contribution in [2.45, 2.75) is 6.54 Å². The number of carboxylic acids is 1. The Hall–Kier alpha value is -3.02. The van der Waals surface area contributed by atoms with Crippen LogP contribution in [0.1, 0.15) is 15.9 Å². The number of nitrogens with zero attached hydrogens (tertiary/aromatic N) is 3. The molecule has 1 aromatic carbocycles. The zero-order chi connectivity index (χ0) is 14.7. The van der Waals surface area contributed by atoms with Gasteiger partial charge < -0.3 is 10.4 Å². The summed E-state index contributed by atoms with van der Waals surface area (Å²) in [6.07, 6.45) is 4.91. The van der Waals surface area contributed by atoms with Gasteiger partial charge in [0.05, 0.1) is 11.1 Å². The highest BCUT2D eigenvalue weighted by atomic mass is 16.4. The van der Waals surface area contributed by atoms with E-state index in [9.17, 15) is 4.79 Å². The molecule has 0 saturated carbocycles. The minimum absolute atomic E-state index is 0.208. The van der Waals surface area contributed by atoms with Crippen molar-refractivity contribution in [2.24, 2.45) is 0 Å². The topological polar surface area (TPSA) is 88.0 Å². The summed E-state index contributed by atoms with van der Waals surface area (Å²) in [5.74, 6) is -0.304. The average molecular weight is 280 g/mol. The smallest absolute Gasteiger partial charge is 0.335 e. The lowest BCUT2D eigenvalue weighted by molar-refractivity contribution is 0.0697. The van der Waals surface area contributed by atoms with Crippen LogP contribution in [0.3, 0.4) is 0 Å². The standard InChI is InChI=1S/C15H12N4O2/c20-15(21)11-3-4-12-13(6-11)18-9-19-14(12)17-8-10-2-1-5-16-7-10/h1-7,9H,8H2,(H,20,21)(H,17,18,19). The number of anilines is 1. The third-order valence-corrected chi connectivity index (χ3v) is 3.07. The number of pyridine rings is 1. The number of aromatic nitrogens is 3. The molecule has 0 atom stereocenters. The summed E-state index contributed by atoms with van der Waals surface area (Å²) in [7, 11) is 0. The van der Waals surface area contributed by atoms with E-state index in [-0.39, 0.29) is 5.56 Å². The van der Waals surface area contributed by atoms with Gasteiger partial charge in [-0.05, 0) is 29.8 Å². The Morgan fingerprint density at radius 3 is 2.90 bits per heavy atom. The molecule has 6 nitrogen and oxygen atoms in total. The Labute approximate surface area is 120 Å². The van der Waals surface area contributed by atoms with E-state index >= 15 is 0 Å². The quantitative estimate of drug-likeness (QED) is 0.762. The SMILES string of the molecule is O=C(O)c1ccc2c(NCc3cccnc3)ncnc2c1. The van der Waals surface area contributed by atoms with Crippen LogP contribution in [-0.4, -0.2) is 26.0 Å². The van der Waals surface area contributed by atoms with Gasteiger partial charge in [0.2, 0.25) is 0 Å². The molecule has 0 spiro atoms. The number of nitrogens with one attached hydrogen (secondary N) is 1. The molecular formula is C15H12N4O2. The number of rotatable bonds is 4. The maximum Gasteiger partial charge on any atom is 0.335 e. The molecule has 0 unspecified atom stereocenters. The van der Waals surface area contributed by atoms with E-state index in [1.165, 1.54) is 12.4 Å². The first-order valence-corrected chi connectivity index (χ1v) is 6.35. The number of hydrogen-bond acceptors (Lipinski definition) is 5. The van der Waals surface area contributed by atoms with Gasteiger partial charge in [0.25, 0.3) is 0 Å². The molecule has 3 rings (SSSR count). The first kappa shape index (κ1) is 13.0. The summed E-state index contributed by atoms with van der Waals surface area (Å²) in [4.78, 5) is 23.3. The predicted octanol–water partition coefficient (Wildman–Crippen LogP) is 2.34. The molecule has 0 aliphatic heterocycles. The predicted molar refractivity (Wildman–Crippen MR) is 78.1 cm³/mol. The number of carbonyl (C=O) groups is 1. The fraction of sp³-hybridized carbons (Fsp3) is 0.0667. The van der Waals surface area contributed by atoms with Crippen molar-refractivity contribution in [2.75, 3.05) is 5.32 Å². The van der Waals surface area contributed by atoms with Crippen LogP contribution < -0.4 is 5.32 Å². The van der Waals surface area contributed by atoms with Gasteiger partial charge in [-0.3, -0.25) is 4.98 Å². The van der Waals surface area contributed by atoms with Crippen molar-refractivity contribution in [3.63, 3.8) is 0 Å². The normalized spacial score (nSPS) is 10.5. The second kappa shape index (κ2) is 5.54. The molecule has 0 amide bonds. The van der Waals surface area contributed by atoms with Gasteiger partial charge >= 0.3 is 5.97 Å². The maximum atomic E-state index is 11.0. The van der Waals surface area contributed by atoms with Crippen LogP contribution in [-0.2, 0) is 6.54 Å². The van der Waals surface area contributed by atoms with E-state index in [0.717, 1.165) is 10.9 Å². The van der Waals surface area contributed by atoms with E-state index in [1.54, 1.807) is 24.5 Å². The van der Waals surface area contributed by atoms with Crippen LogP contribution >= 0.6 is 0 Å². The number of fused-ring (bicyclic) bond motifs is 1. The van der Waals surface area contributed by atoms with Crippen molar-refractivity contribution in [3.8, 4) is 0 Å². The van der Waals surface area contributed by atoms with Crippen LogP contribution in [0.5, 0.6) is 0 Å². The number of benzene rings is 1.